The van der Waals surface area contributed by atoms with Crippen molar-refractivity contribution < 1.29 is 22.7 Å². The first kappa shape index (κ1) is 19.8. The van der Waals surface area contributed by atoms with Crippen LogP contribution in [0.15, 0.2) is 54.6 Å². The quantitative estimate of drug-likeness (QED) is 0.746. The van der Waals surface area contributed by atoms with Crippen LogP contribution in [0, 0.1) is 5.92 Å². The lowest BCUT2D eigenvalue weighted by molar-refractivity contribution is -0.159. The van der Waals surface area contributed by atoms with Crippen LogP contribution < -0.4 is 5.32 Å². The Morgan fingerprint density at radius 3 is 2.24 bits per heavy atom. The number of carbonyl (C=O) groups is 1. The molecule has 5 rings (SSSR count). The highest BCUT2D eigenvalue weighted by atomic mass is 19.4. The van der Waals surface area contributed by atoms with Gasteiger partial charge < -0.3 is 10.1 Å². The van der Waals surface area contributed by atoms with Crippen LogP contribution in [0.4, 0.5) is 18.9 Å². The predicted molar refractivity (Wildman–Crippen MR) is 103 cm³/mol. The van der Waals surface area contributed by atoms with E-state index in [1.54, 1.807) is 12.1 Å². The Labute approximate surface area is 167 Å². The fourth-order valence-corrected chi connectivity index (χ4v) is 4.11. The first-order valence-electron chi connectivity index (χ1n) is 9.82. The van der Waals surface area contributed by atoms with Crippen molar-refractivity contribution in [1.82, 2.24) is 4.90 Å². The van der Waals surface area contributed by atoms with Crippen molar-refractivity contribution in [2.75, 3.05) is 25.0 Å². The molecular formula is C22H23F3N2O2. The highest BCUT2D eigenvalue weighted by Gasteiger charge is 2.38. The third-order valence-electron chi connectivity index (χ3n) is 5.76. The number of piperidine rings is 3. The second kappa shape index (κ2) is 8.06. The van der Waals surface area contributed by atoms with Crippen LogP contribution in [0.5, 0.6) is 0 Å². The summed E-state index contributed by atoms with van der Waals surface area (Å²) in [5.74, 6) is -0.110. The maximum absolute atomic E-state index is 13.0. The number of rotatable bonds is 5. The van der Waals surface area contributed by atoms with Crippen LogP contribution in [-0.4, -0.2) is 36.6 Å². The Balaban J connectivity index is 1.55. The van der Waals surface area contributed by atoms with Gasteiger partial charge in [0.25, 0.3) is 0 Å². The summed E-state index contributed by atoms with van der Waals surface area (Å²) < 4.78 is 44.6. The van der Waals surface area contributed by atoms with Crippen LogP contribution in [0.1, 0.15) is 30.0 Å². The third kappa shape index (κ3) is 4.56. The van der Waals surface area contributed by atoms with E-state index in [9.17, 15) is 18.0 Å². The summed E-state index contributed by atoms with van der Waals surface area (Å²) in [6.45, 7) is 2.79. The van der Waals surface area contributed by atoms with Gasteiger partial charge in [0.1, 0.15) is 6.10 Å². The second-order valence-corrected chi connectivity index (χ2v) is 7.68. The van der Waals surface area contributed by atoms with Crippen LogP contribution in [0.25, 0.3) is 0 Å². The number of nitrogens with zero attached hydrogens (tertiary/aromatic N) is 1. The van der Waals surface area contributed by atoms with Crippen LogP contribution in [-0.2, 0) is 15.7 Å². The number of para-hydroxylation sites is 1. The Morgan fingerprint density at radius 1 is 1.03 bits per heavy atom. The second-order valence-electron chi connectivity index (χ2n) is 7.68. The molecule has 3 fully saturated rings. The standard InChI is InChI=1S/C22H23F3N2O2/c23-22(24,25)17-8-6-16(7-9-17)20(26-18-4-2-1-3-5-18)21(28)29-19-14-27-12-10-15(19)11-13-27/h1-9,15,19-20,26H,10-14H2/t19-,20?/m0/s1. The lowest BCUT2D eigenvalue weighted by Crippen LogP contribution is -2.52. The lowest BCUT2D eigenvalue weighted by atomic mass is 9.86. The van der Waals surface area contributed by atoms with Crippen LogP contribution in [0.2, 0.25) is 0 Å². The van der Waals surface area contributed by atoms with E-state index in [4.69, 9.17) is 4.74 Å². The molecule has 154 valence electrons. The van der Waals surface area contributed by atoms with E-state index in [2.05, 4.69) is 10.2 Å². The van der Waals surface area contributed by atoms with Gasteiger partial charge in [-0.2, -0.15) is 13.2 Å². The van der Waals surface area contributed by atoms with Gasteiger partial charge in [-0.3, -0.25) is 4.90 Å². The molecule has 3 aliphatic heterocycles. The van der Waals surface area contributed by atoms with E-state index in [0.717, 1.165) is 44.6 Å². The Kier molecular flexibility index (Phi) is 5.50. The van der Waals surface area contributed by atoms with Crippen molar-refractivity contribution in [3.8, 4) is 0 Å². The molecule has 7 heteroatoms. The molecule has 0 radical (unpaired) electrons. The van der Waals surface area contributed by atoms with Crippen molar-refractivity contribution in [3.63, 3.8) is 0 Å². The number of nitrogens with one attached hydrogen (secondary N) is 1. The predicted octanol–water partition coefficient (Wildman–Crippen LogP) is 4.50. The molecule has 29 heavy (non-hydrogen) atoms. The molecule has 0 spiro atoms. The van der Waals surface area contributed by atoms with Crippen molar-refractivity contribution in [1.29, 1.82) is 0 Å². The van der Waals surface area contributed by atoms with Gasteiger partial charge in [0.05, 0.1) is 5.56 Å². The van der Waals surface area contributed by atoms with Crippen LogP contribution >= 0.6 is 0 Å². The lowest BCUT2D eigenvalue weighted by Gasteiger charge is -2.44. The number of alkyl halides is 3. The van der Waals surface area contributed by atoms with Crippen molar-refractivity contribution in [2.45, 2.75) is 31.2 Å². The number of benzene rings is 2. The summed E-state index contributed by atoms with van der Waals surface area (Å²) >= 11 is 0. The highest BCUT2D eigenvalue weighted by molar-refractivity contribution is 5.81. The number of anilines is 1. The van der Waals surface area contributed by atoms with Gasteiger partial charge >= 0.3 is 12.1 Å². The first-order chi connectivity index (χ1) is 13.9. The molecule has 0 amide bonds. The van der Waals surface area contributed by atoms with Gasteiger partial charge in [0.2, 0.25) is 0 Å². The summed E-state index contributed by atoms with van der Waals surface area (Å²) in [7, 11) is 0. The highest BCUT2D eigenvalue weighted by Crippen LogP contribution is 2.33. The molecule has 2 aromatic carbocycles. The van der Waals surface area contributed by atoms with Gasteiger partial charge in [-0.25, -0.2) is 4.79 Å². The molecule has 0 aliphatic carbocycles. The number of hydrogen-bond acceptors (Lipinski definition) is 4. The first-order valence-corrected chi connectivity index (χ1v) is 9.82. The molecule has 3 aliphatic rings. The van der Waals surface area contributed by atoms with Gasteiger partial charge in [0, 0.05) is 12.2 Å². The van der Waals surface area contributed by atoms with Gasteiger partial charge in [-0.05, 0) is 61.7 Å². The minimum atomic E-state index is -4.42. The van der Waals surface area contributed by atoms with E-state index in [-0.39, 0.29) is 6.10 Å². The van der Waals surface area contributed by atoms with Crippen molar-refractivity contribution in [2.24, 2.45) is 5.92 Å². The zero-order valence-electron chi connectivity index (χ0n) is 15.9. The van der Waals surface area contributed by atoms with Crippen molar-refractivity contribution >= 4 is 11.7 Å². The fourth-order valence-electron chi connectivity index (χ4n) is 4.11. The minimum Gasteiger partial charge on any atom is -0.459 e. The monoisotopic (exact) mass is 404 g/mol. The third-order valence-corrected chi connectivity index (χ3v) is 5.76. The van der Waals surface area contributed by atoms with Gasteiger partial charge in [0.15, 0.2) is 6.04 Å². The number of ether oxygens (including phenoxy) is 1. The topological polar surface area (TPSA) is 41.6 Å². The number of hydrogen-bond donors (Lipinski definition) is 1. The Bertz CT molecular complexity index is 831. The molecule has 1 N–H and O–H groups in total. The average Bonchev–Trinajstić information content (AvgIpc) is 2.73. The molecule has 3 heterocycles. The maximum Gasteiger partial charge on any atom is 0.416 e. The van der Waals surface area contributed by atoms with E-state index in [1.165, 1.54) is 12.1 Å². The van der Waals surface area contributed by atoms with Crippen LogP contribution in [0.3, 0.4) is 0 Å². The zero-order chi connectivity index (χ0) is 20.4. The molecule has 2 aromatic rings. The molecule has 2 atom stereocenters. The smallest absolute Gasteiger partial charge is 0.416 e. The van der Waals surface area contributed by atoms with E-state index in [1.807, 2.05) is 18.2 Å². The largest absolute Gasteiger partial charge is 0.459 e. The number of esters is 1. The minimum absolute atomic E-state index is 0.167. The zero-order valence-corrected chi connectivity index (χ0v) is 15.9. The molecule has 0 saturated carbocycles. The molecule has 0 aromatic heterocycles. The summed E-state index contributed by atoms with van der Waals surface area (Å²) in [4.78, 5) is 15.3. The van der Waals surface area contributed by atoms with E-state index >= 15 is 0 Å². The number of halogens is 3. The van der Waals surface area contributed by atoms with Gasteiger partial charge in [-0.1, -0.05) is 30.3 Å². The summed E-state index contributed by atoms with van der Waals surface area (Å²) in [5.41, 5.74) is 0.391. The molecule has 1 unspecified atom stereocenters. The van der Waals surface area contributed by atoms with Gasteiger partial charge in [-0.15, -0.1) is 0 Å². The van der Waals surface area contributed by atoms with E-state index < -0.39 is 23.8 Å². The normalized spacial score (nSPS) is 24.7. The molecule has 3 saturated heterocycles. The average molecular weight is 404 g/mol. The van der Waals surface area contributed by atoms with E-state index in [0.29, 0.717) is 17.2 Å². The Morgan fingerprint density at radius 2 is 1.69 bits per heavy atom. The Hall–Kier alpha value is -2.54. The number of carbonyl (C=O) groups excluding carboxylic acids is 1. The number of fused-ring (bicyclic) bond motifs is 3. The summed E-state index contributed by atoms with van der Waals surface area (Å²) in [6.07, 6.45) is -2.57. The summed E-state index contributed by atoms with van der Waals surface area (Å²) in [6, 6.07) is 12.9. The maximum atomic E-state index is 13.0. The fraction of sp³-hybridized carbons (Fsp3) is 0.409. The van der Waals surface area contributed by atoms with Crippen molar-refractivity contribution in [3.05, 3.63) is 65.7 Å². The SMILES string of the molecule is O=C(O[C@H]1CN2CCC1CC2)C(Nc1ccccc1)c1ccc(C(F)(F)F)cc1. The molecule has 4 nitrogen and oxygen atoms in total. The summed E-state index contributed by atoms with van der Waals surface area (Å²) in [5, 5.41) is 3.12. The molecular weight excluding hydrogens is 381 g/mol. The molecule has 2 bridgehead atoms.